The summed E-state index contributed by atoms with van der Waals surface area (Å²) in [5.41, 5.74) is 4.18. The Morgan fingerprint density at radius 3 is 2.83 bits per heavy atom. The zero-order chi connectivity index (χ0) is 29.1. The van der Waals surface area contributed by atoms with Gasteiger partial charge in [0.15, 0.2) is 5.82 Å². The molecule has 13 heteroatoms. The first kappa shape index (κ1) is 28.4. The van der Waals surface area contributed by atoms with E-state index in [1.54, 1.807) is 0 Å². The fraction of sp³-hybridized carbons (Fsp3) is 0.643. The van der Waals surface area contributed by atoms with E-state index in [-0.39, 0.29) is 42.9 Å². The van der Waals surface area contributed by atoms with Crippen molar-refractivity contribution >= 4 is 11.5 Å². The second-order valence-electron chi connectivity index (χ2n) is 11.8. The van der Waals surface area contributed by atoms with Gasteiger partial charge in [0, 0.05) is 56.2 Å². The number of halogens is 5. The Kier molecular flexibility index (Phi) is 7.26. The van der Waals surface area contributed by atoms with Crippen LogP contribution in [-0.4, -0.2) is 72.0 Å². The van der Waals surface area contributed by atoms with Gasteiger partial charge < -0.3 is 25.4 Å². The van der Waals surface area contributed by atoms with Crippen LogP contribution >= 0.6 is 0 Å². The number of alkyl halides is 4. The molecule has 4 aliphatic rings. The van der Waals surface area contributed by atoms with Gasteiger partial charge in [0.05, 0.1) is 35.2 Å². The molecule has 1 unspecified atom stereocenters. The number of hydrogen-bond donors (Lipinski definition) is 2. The molecular formula is C28H35F5N6O2. The van der Waals surface area contributed by atoms with E-state index in [1.807, 2.05) is 6.92 Å². The Balaban J connectivity index is 1.37. The molecular weight excluding hydrogens is 547 g/mol. The Morgan fingerprint density at radius 2 is 2.07 bits per heavy atom. The van der Waals surface area contributed by atoms with Crippen molar-refractivity contribution in [2.24, 2.45) is 0 Å². The number of nitrogens with one attached hydrogen (secondary N) is 1. The van der Waals surface area contributed by atoms with Crippen LogP contribution in [0.15, 0.2) is 6.07 Å². The molecule has 3 N–H and O–H groups in total. The lowest BCUT2D eigenvalue weighted by atomic mass is 9.91. The SMILES string of the molecule is Cc1cc(N)c(F)c(C2Cc3nc(OC[C@@]45CCCN4C[C@H](F)C5)nc(N4CCNC[C@@H]4C)c3CO2)c1C(F)(F)F. The quantitative estimate of drug-likeness (QED) is 0.403. The minimum Gasteiger partial charge on any atom is -0.461 e. The summed E-state index contributed by atoms with van der Waals surface area (Å²) in [5, 5.41) is 3.34. The summed E-state index contributed by atoms with van der Waals surface area (Å²) < 4.78 is 84.0. The third kappa shape index (κ3) is 5.10. The first-order valence-corrected chi connectivity index (χ1v) is 14.1. The van der Waals surface area contributed by atoms with Crippen molar-refractivity contribution in [2.45, 2.75) is 76.2 Å². The Bertz CT molecular complexity index is 1330. The number of nitrogen functional groups attached to an aromatic ring is 1. The molecule has 0 amide bonds. The van der Waals surface area contributed by atoms with Gasteiger partial charge in [-0.25, -0.2) is 8.78 Å². The van der Waals surface area contributed by atoms with Gasteiger partial charge in [-0.05, 0) is 44.9 Å². The van der Waals surface area contributed by atoms with Gasteiger partial charge in [0.2, 0.25) is 0 Å². The van der Waals surface area contributed by atoms with Crippen molar-refractivity contribution in [1.29, 1.82) is 0 Å². The maximum atomic E-state index is 15.3. The smallest absolute Gasteiger partial charge is 0.417 e. The molecule has 0 aliphatic carbocycles. The van der Waals surface area contributed by atoms with Crippen molar-refractivity contribution in [3.8, 4) is 6.01 Å². The predicted molar refractivity (Wildman–Crippen MR) is 142 cm³/mol. The van der Waals surface area contributed by atoms with E-state index in [2.05, 4.69) is 20.1 Å². The van der Waals surface area contributed by atoms with Crippen LogP contribution in [0.25, 0.3) is 0 Å². The molecule has 224 valence electrons. The molecule has 3 fully saturated rings. The van der Waals surface area contributed by atoms with Gasteiger partial charge in [-0.3, -0.25) is 4.90 Å². The number of aryl methyl sites for hydroxylation is 1. The highest BCUT2D eigenvalue weighted by molar-refractivity contribution is 5.55. The topological polar surface area (TPSA) is 88.8 Å². The highest BCUT2D eigenvalue weighted by Gasteiger charge is 2.49. The molecule has 0 spiro atoms. The number of benzene rings is 1. The lowest BCUT2D eigenvalue weighted by Crippen LogP contribution is -2.50. The van der Waals surface area contributed by atoms with Gasteiger partial charge in [0.25, 0.3) is 0 Å². The predicted octanol–water partition coefficient (Wildman–Crippen LogP) is 4.09. The molecule has 8 nitrogen and oxygen atoms in total. The second-order valence-corrected chi connectivity index (χ2v) is 11.8. The van der Waals surface area contributed by atoms with Crippen LogP contribution in [0.2, 0.25) is 0 Å². The van der Waals surface area contributed by atoms with Crippen LogP contribution in [0.1, 0.15) is 60.2 Å². The fourth-order valence-electron chi connectivity index (χ4n) is 7.05. The van der Waals surface area contributed by atoms with Crippen LogP contribution < -0.4 is 20.7 Å². The third-order valence-corrected chi connectivity index (χ3v) is 8.99. The summed E-state index contributed by atoms with van der Waals surface area (Å²) >= 11 is 0. The minimum absolute atomic E-state index is 0.0743. The van der Waals surface area contributed by atoms with Gasteiger partial charge in [-0.1, -0.05) is 0 Å². The monoisotopic (exact) mass is 582 g/mol. The summed E-state index contributed by atoms with van der Waals surface area (Å²) in [7, 11) is 0. The number of fused-ring (bicyclic) bond motifs is 2. The number of nitrogens with zero attached hydrogens (tertiary/aromatic N) is 4. The maximum absolute atomic E-state index is 15.3. The first-order valence-electron chi connectivity index (χ1n) is 14.1. The normalized spacial score (nSPS) is 28.6. The summed E-state index contributed by atoms with van der Waals surface area (Å²) in [6.45, 7) is 6.70. The first-order chi connectivity index (χ1) is 19.5. The van der Waals surface area contributed by atoms with Gasteiger partial charge >= 0.3 is 12.2 Å². The lowest BCUT2D eigenvalue weighted by molar-refractivity contribution is -0.140. The van der Waals surface area contributed by atoms with Crippen molar-refractivity contribution in [3.63, 3.8) is 0 Å². The van der Waals surface area contributed by atoms with Crippen LogP contribution in [0.3, 0.4) is 0 Å². The lowest BCUT2D eigenvalue weighted by Gasteiger charge is -2.38. The third-order valence-electron chi connectivity index (χ3n) is 8.99. The molecule has 4 atom stereocenters. The molecule has 1 aromatic heterocycles. The van der Waals surface area contributed by atoms with E-state index in [9.17, 15) is 17.6 Å². The average molecular weight is 583 g/mol. The van der Waals surface area contributed by atoms with Crippen molar-refractivity contribution < 1.29 is 31.4 Å². The molecule has 0 radical (unpaired) electrons. The molecule has 0 saturated carbocycles. The number of nitrogens with two attached hydrogens (primary N) is 1. The van der Waals surface area contributed by atoms with E-state index < -0.39 is 40.9 Å². The summed E-state index contributed by atoms with van der Waals surface area (Å²) in [6, 6.07) is 1.15. The summed E-state index contributed by atoms with van der Waals surface area (Å²) in [6.07, 6.45) is -4.96. The highest BCUT2D eigenvalue weighted by Crippen LogP contribution is 2.45. The van der Waals surface area contributed by atoms with Crippen LogP contribution in [0.5, 0.6) is 6.01 Å². The summed E-state index contributed by atoms with van der Waals surface area (Å²) in [4.78, 5) is 13.6. The zero-order valence-electron chi connectivity index (χ0n) is 23.2. The number of aromatic nitrogens is 2. The molecule has 3 saturated heterocycles. The van der Waals surface area contributed by atoms with Crippen molar-refractivity contribution in [1.82, 2.24) is 20.2 Å². The number of rotatable bonds is 5. The Hall–Kier alpha value is -2.77. The summed E-state index contributed by atoms with van der Waals surface area (Å²) in [5.74, 6) is -0.548. The molecule has 5 heterocycles. The Labute approximate surface area is 235 Å². The van der Waals surface area contributed by atoms with Gasteiger partial charge in [-0.2, -0.15) is 23.1 Å². The van der Waals surface area contributed by atoms with Crippen LogP contribution in [-0.2, 0) is 23.9 Å². The molecule has 1 aromatic carbocycles. The molecule has 0 bridgehead atoms. The largest absolute Gasteiger partial charge is 0.461 e. The average Bonchev–Trinajstić information content (AvgIpc) is 3.44. The van der Waals surface area contributed by atoms with E-state index >= 15 is 4.39 Å². The zero-order valence-corrected chi connectivity index (χ0v) is 23.2. The van der Waals surface area contributed by atoms with Crippen LogP contribution in [0, 0.1) is 12.7 Å². The standard InChI is InChI=1S/C28H35F5N6O2/c1-15-8-19(34)24(30)22(23(15)28(31,32)33)21-9-20-18(13-40-21)25(39-7-5-35-11-16(39)2)37-26(36-20)41-14-27-4-3-6-38(27)12-17(29)10-27/h8,16-17,21,35H,3-7,9-14,34H2,1-2H3/t16-,17+,21?,27-/m0/s1. The number of ether oxygens (including phenoxy) is 2. The van der Waals surface area contributed by atoms with E-state index in [0.29, 0.717) is 36.6 Å². The number of hydrogen-bond acceptors (Lipinski definition) is 8. The number of anilines is 2. The number of piperazine rings is 1. The van der Waals surface area contributed by atoms with E-state index in [4.69, 9.17) is 20.2 Å². The molecule has 2 aromatic rings. The van der Waals surface area contributed by atoms with E-state index in [0.717, 1.165) is 38.5 Å². The second kappa shape index (κ2) is 10.5. The van der Waals surface area contributed by atoms with Crippen molar-refractivity contribution in [3.05, 3.63) is 39.8 Å². The maximum Gasteiger partial charge on any atom is 0.417 e. The van der Waals surface area contributed by atoms with Crippen molar-refractivity contribution in [2.75, 3.05) is 50.0 Å². The van der Waals surface area contributed by atoms with Gasteiger partial charge in [-0.15, -0.1) is 0 Å². The Morgan fingerprint density at radius 1 is 1.27 bits per heavy atom. The fourth-order valence-corrected chi connectivity index (χ4v) is 7.05. The highest BCUT2D eigenvalue weighted by atomic mass is 19.4. The van der Waals surface area contributed by atoms with Crippen LogP contribution in [0.4, 0.5) is 33.5 Å². The molecule has 6 rings (SSSR count). The van der Waals surface area contributed by atoms with Gasteiger partial charge in [0.1, 0.15) is 18.6 Å². The van der Waals surface area contributed by atoms with E-state index in [1.165, 1.54) is 6.92 Å². The molecule has 41 heavy (non-hydrogen) atoms. The molecule has 4 aliphatic heterocycles. The minimum atomic E-state index is -4.80.